The van der Waals surface area contributed by atoms with Gasteiger partial charge in [-0.05, 0) is 62.3 Å². The summed E-state index contributed by atoms with van der Waals surface area (Å²) in [5.41, 5.74) is 1.27. The summed E-state index contributed by atoms with van der Waals surface area (Å²) in [6, 6.07) is 9.78. The van der Waals surface area contributed by atoms with Crippen LogP contribution in [0.3, 0.4) is 0 Å². The lowest BCUT2D eigenvalue weighted by molar-refractivity contribution is -0.266. The summed E-state index contributed by atoms with van der Waals surface area (Å²) in [5.74, 6) is -7.72. The second-order valence-corrected chi connectivity index (χ2v) is 13.6. The largest absolute Gasteiger partial charge is 0.481 e. The van der Waals surface area contributed by atoms with E-state index in [0.29, 0.717) is 44.3 Å². The monoisotopic (exact) mass is 688 g/mol. The number of likely N-dealkylation sites (tertiary alicyclic amines) is 2. The number of ketones is 1. The van der Waals surface area contributed by atoms with Crippen molar-refractivity contribution in [1.29, 1.82) is 0 Å². The van der Waals surface area contributed by atoms with Gasteiger partial charge in [0.25, 0.3) is 11.8 Å². The average Bonchev–Trinajstić information content (AvgIpc) is 3.72. The molecule has 48 heavy (non-hydrogen) atoms. The summed E-state index contributed by atoms with van der Waals surface area (Å²) in [4.78, 5) is 43.0. The van der Waals surface area contributed by atoms with Crippen LogP contribution in [0.15, 0.2) is 42.6 Å². The van der Waals surface area contributed by atoms with Gasteiger partial charge in [0.15, 0.2) is 5.78 Å². The number of piperidine rings is 1. The van der Waals surface area contributed by atoms with Gasteiger partial charge in [0, 0.05) is 69.6 Å². The SMILES string of the molecule is Cn1cc(C(=O)Nc2cc(F)c(CC(=O)C(O[C@H]3CC[C@H](C(=O)O)CC3)(N3CCCC3)N3CCC(F)(F)CC3)cc2Cl)c2ccccc21. The number of fused-ring (bicyclic) bond motifs is 1. The highest BCUT2D eigenvalue weighted by Crippen LogP contribution is 2.40. The zero-order chi connectivity index (χ0) is 34.2. The number of halogens is 4. The molecule has 0 bridgehead atoms. The molecule has 2 saturated heterocycles. The smallest absolute Gasteiger partial charge is 0.306 e. The molecule has 6 rings (SSSR count). The predicted octanol–water partition coefficient (Wildman–Crippen LogP) is 6.48. The average molecular weight is 689 g/mol. The summed E-state index contributed by atoms with van der Waals surface area (Å²) >= 11 is 6.57. The number of aromatic nitrogens is 1. The number of rotatable bonds is 10. The van der Waals surface area contributed by atoms with Crippen molar-refractivity contribution < 1.29 is 37.4 Å². The van der Waals surface area contributed by atoms with E-state index < -0.39 is 66.5 Å². The fourth-order valence-electron chi connectivity index (χ4n) is 7.40. The Balaban J connectivity index is 1.28. The third kappa shape index (κ3) is 6.85. The van der Waals surface area contributed by atoms with E-state index in [1.807, 2.05) is 40.8 Å². The van der Waals surface area contributed by atoms with E-state index in [2.05, 4.69) is 5.32 Å². The van der Waals surface area contributed by atoms with Crippen LogP contribution in [0.1, 0.15) is 67.3 Å². The molecule has 9 nitrogen and oxygen atoms in total. The van der Waals surface area contributed by atoms with Gasteiger partial charge in [-0.3, -0.25) is 24.2 Å². The third-order valence-corrected chi connectivity index (χ3v) is 10.4. The van der Waals surface area contributed by atoms with Gasteiger partial charge in [-0.1, -0.05) is 29.8 Å². The highest BCUT2D eigenvalue weighted by molar-refractivity contribution is 6.34. The lowest BCUT2D eigenvalue weighted by Crippen LogP contribution is -2.69. The Morgan fingerprint density at radius 2 is 1.67 bits per heavy atom. The number of carboxylic acids is 1. The first kappa shape index (κ1) is 34.4. The number of para-hydroxylation sites is 1. The minimum absolute atomic E-state index is 0.0164. The highest BCUT2D eigenvalue weighted by atomic mass is 35.5. The van der Waals surface area contributed by atoms with Gasteiger partial charge < -0.3 is 19.7 Å². The number of aryl methyl sites for hydroxylation is 1. The van der Waals surface area contributed by atoms with E-state index in [-0.39, 0.29) is 29.4 Å². The standard InChI is InChI=1S/C35H40ClF3N4O5/c1-41-21-26(25-6-2-3-7-30(25)41)32(45)40-29-20-28(37)23(18-27(29)36)19-31(44)35(42-14-4-5-15-42,43-16-12-34(38,39)13-17-43)48-24-10-8-22(9-11-24)33(46)47/h2-3,6-7,18,20-22,24H,4-5,8-17,19H2,1H3,(H,40,45)(H,46,47)/t22-,24-,35?. The zero-order valence-electron chi connectivity index (χ0n) is 26.8. The first-order valence-electron chi connectivity index (χ1n) is 16.5. The van der Waals surface area contributed by atoms with Crippen molar-refractivity contribution in [2.75, 3.05) is 31.5 Å². The topological polar surface area (TPSA) is 104 Å². The fourth-order valence-corrected chi connectivity index (χ4v) is 7.64. The summed E-state index contributed by atoms with van der Waals surface area (Å²) in [6.45, 7) is 0.793. The van der Waals surface area contributed by atoms with Gasteiger partial charge >= 0.3 is 5.97 Å². The Morgan fingerprint density at radius 3 is 2.33 bits per heavy atom. The number of benzene rings is 2. The molecule has 0 radical (unpaired) electrons. The second kappa shape index (κ2) is 13.8. The first-order chi connectivity index (χ1) is 22.9. The number of Topliss-reactive ketones (excluding diaryl/α,β-unsaturated/α-hetero) is 1. The number of hydrogen-bond donors (Lipinski definition) is 2. The van der Waals surface area contributed by atoms with Crippen molar-refractivity contribution in [3.8, 4) is 0 Å². The number of amides is 1. The normalized spacial score (nSPS) is 23.2. The molecule has 3 heterocycles. The lowest BCUT2D eigenvalue weighted by atomic mass is 9.87. The van der Waals surface area contributed by atoms with E-state index in [1.54, 1.807) is 11.1 Å². The molecule has 2 aliphatic heterocycles. The van der Waals surface area contributed by atoms with Gasteiger partial charge in [-0.15, -0.1) is 0 Å². The molecule has 1 atom stereocenters. The molecular formula is C35H40ClF3N4O5. The summed E-state index contributed by atoms with van der Waals surface area (Å²) < 4.78 is 53.1. The highest BCUT2D eigenvalue weighted by Gasteiger charge is 2.54. The molecule has 1 saturated carbocycles. The molecule has 3 fully saturated rings. The number of ether oxygens (including phenoxy) is 1. The second-order valence-electron chi connectivity index (χ2n) is 13.2. The number of nitrogens with one attached hydrogen (secondary N) is 1. The Hall–Kier alpha value is -3.45. The summed E-state index contributed by atoms with van der Waals surface area (Å²) in [5, 5.41) is 12.9. The quantitative estimate of drug-likeness (QED) is 0.252. The number of aliphatic carboxylic acids is 1. The van der Waals surface area contributed by atoms with Crippen LogP contribution in [0, 0.1) is 11.7 Å². The van der Waals surface area contributed by atoms with Gasteiger partial charge in [0.05, 0.1) is 28.3 Å². The van der Waals surface area contributed by atoms with Crippen LogP contribution in [0.4, 0.5) is 18.9 Å². The molecule has 1 aliphatic carbocycles. The Bertz CT molecular complexity index is 1690. The van der Waals surface area contributed by atoms with Gasteiger partial charge in [-0.25, -0.2) is 13.2 Å². The Labute approximate surface area is 281 Å². The van der Waals surface area contributed by atoms with Gasteiger partial charge in [0.1, 0.15) is 5.82 Å². The first-order valence-corrected chi connectivity index (χ1v) is 16.9. The van der Waals surface area contributed by atoms with E-state index in [4.69, 9.17) is 16.3 Å². The molecule has 1 unspecified atom stereocenters. The molecule has 3 aromatic rings. The number of carbonyl (C=O) groups is 3. The van der Waals surface area contributed by atoms with Crippen LogP contribution in [0.25, 0.3) is 10.9 Å². The number of hydrogen-bond acceptors (Lipinski definition) is 6. The van der Waals surface area contributed by atoms with E-state index >= 15 is 4.39 Å². The molecule has 0 spiro atoms. The van der Waals surface area contributed by atoms with Crippen molar-refractivity contribution in [2.24, 2.45) is 13.0 Å². The predicted molar refractivity (Wildman–Crippen MR) is 175 cm³/mol. The van der Waals surface area contributed by atoms with Gasteiger partial charge in [-0.2, -0.15) is 0 Å². The number of carboxylic acid groups (broad SMARTS) is 1. The van der Waals surface area contributed by atoms with Crippen molar-refractivity contribution in [2.45, 2.75) is 75.7 Å². The zero-order valence-corrected chi connectivity index (χ0v) is 27.6. The molecule has 2 N–H and O–H groups in total. The fraction of sp³-hybridized carbons (Fsp3) is 0.514. The van der Waals surface area contributed by atoms with Crippen LogP contribution >= 0.6 is 11.6 Å². The minimum Gasteiger partial charge on any atom is -0.481 e. The van der Waals surface area contributed by atoms with Crippen molar-refractivity contribution in [1.82, 2.24) is 14.4 Å². The molecule has 3 aliphatic rings. The van der Waals surface area contributed by atoms with Crippen molar-refractivity contribution in [3.63, 3.8) is 0 Å². The maximum atomic E-state index is 15.8. The van der Waals surface area contributed by atoms with Crippen LogP contribution in [-0.2, 0) is 27.8 Å². The maximum absolute atomic E-state index is 15.8. The van der Waals surface area contributed by atoms with Crippen molar-refractivity contribution >= 4 is 45.9 Å². The number of anilines is 1. The summed E-state index contributed by atoms with van der Waals surface area (Å²) in [7, 11) is 1.82. The molecular weight excluding hydrogens is 649 g/mol. The lowest BCUT2D eigenvalue weighted by Gasteiger charge is -2.51. The van der Waals surface area contributed by atoms with Crippen LogP contribution in [-0.4, -0.2) is 81.2 Å². The number of alkyl halides is 2. The molecule has 258 valence electrons. The molecule has 1 amide bonds. The van der Waals surface area contributed by atoms with E-state index in [1.165, 1.54) is 6.07 Å². The maximum Gasteiger partial charge on any atom is 0.306 e. The van der Waals surface area contributed by atoms with Crippen LogP contribution in [0.5, 0.6) is 0 Å². The number of carbonyl (C=O) groups excluding carboxylic acids is 2. The van der Waals surface area contributed by atoms with Crippen molar-refractivity contribution in [3.05, 3.63) is 64.6 Å². The molecule has 2 aromatic carbocycles. The molecule has 13 heteroatoms. The Kier molecular flexibility index (Phi) is 9.90. The molecule has 1 aromatic heterocycles. The summed E-state index contributed by atoms with van der Waals surface area (Å²) in [6.07, 6.45) is 2.97. The number of nitrogens with zero attached hydrogens (tertiary/aromatic N) is 3. The minimum atomic E-state index is -2.87. The van der Waals surface area contributed by atoms with E-state index in [9.17, 15) is 28.3 Å². The van der Waals surface area contributed by atoms with Crippen LogP contribution in [0.2, 0.25) is 5.02 Å². The van der Waals surface area contributed by atoms with E-state index in [0.717, 1.165) is 29.8 Å². The third-order valence-electron chi connectivity index (χ3n) is 10.1. The van der Waals surface area contributed by atoms with Gasteiger partial charge in [0.2, 0.25) is 5.85 Å². The Morgan fingerprint density at radius 1 is 1.02 bits per heavy atom. The van der Waals surface area contributed by atoms with Crippen LogP contribution < -0.4 is 5.32 Å².